The lowest BCUT2D eigenvalue weighted by atomic mass is 9.99. The Kier molecular flexibility index (Phi) is 2.57. The van der Waals surface area contributed by atoms with Crippen LogP contribution in [0.2, 0.25) is 0 Å². The van der Waals surface area contributed by atoms with Crippen molar-refractivity contribution < 1.29 is 9.53 Å². The summed E-state index contributed by atoms with van der Waals surface area (Å²) >= 11 is 0. The average Bonchev–Trinajstić information content (AvgIpc) is 2.28. The van der Waals surface area contributed by atoms with E-state index < -0.39 is 5.54 Å². The van der Waals surface area contributed by atoms with Gasteiger partial charge in [0.25, 0.3) is 0 Å². The van der Waals surface area contributed by atoms with Gasteiger partial charge >= 0.3 is 5.97 Å². The molecule has 13 heavy (non-hydrogen) atoms. The first kappa shape index (κ1) is 9.99. The summed E-state index contributed by atoms with van der Waals surface area (Å²) in [7, 11) is 0. The minimum absolute atomic E-state index is 0.352. The van der Waals surface area contributed by atoms with Crippen LogP contribution in [0.15, 0.2) is 24.3 Å². The summed E-state index contributed by atoms with van der Waals surface area (Å²) in [4.78, 5) is 11.4. The van der Waals surface area contributed by atoms with E-state index in [2.05, 4.69) is 13.2 Å². The number of esters is 1. The Bertz CT molecular complexity index is 252. The molecule has 0 aliphatic heterocycles. The second kappa shape index (κ2) is 3.34. The average molecular weight is 181 g/mol. The standard InChI is InChI=1S/C10H15NO2/c1-4-13-9(12)10(11)5-7(2)8(3)6-10/h2-6,11H2,1H3. The molecule has 0 radical (unpaired) electrons. The van der Waals surface area contributed by atoms with Crippen LogP contribution in [-0.4, -0.2) is 18.1 Å². The zero-order valence-electron chi connectivity index (χ0n) is 7.93. The van der Waals surface area contributed by atoms with Crippen LogP contribution in [0.25, 0.3) is 0 Å². The Hall–Kier alpha value is -1.09. The van der Waals surface area contributed by atoms with E-state index in [0.29, 0.717) is 19.4 Å². The molecule has 3 heteroatoms. The van der Waals surface area contributed by atoms with Gasteiger partial charge < -0.3 is 10.5 Å². The Morgan fingerprint density at radius 1 is 1.54 bits per heavy atom. The van der Waals surface area contributed by atoms with Gasteiger partial charge in [-0.25, -0.2) is 0 Å². The van der Waals surface area contributed by atoms with Crippen molar-refractivity contribution in [1.82, 2.24) is 0 Å². The molecular formula is C10H15NO2. The van der Waals surface area contributed by atoms with Crippen LogP contribution in [0.1, 0.15) is 19.8 Å². The molecule has 0 amide bonds. The lowest BCUT2D eigenvalue weighted by molar-refractivity contribution is -0.149. The molecule has 0 atom stereocenters. The molecule has 3 nitrogen and oxygen atoms in total. The Morgan fingerprint density at radius 2 is 2.00 bits per heavy atom. The highest BCUT2D eigenvalue weighted by molar-refractivity contribution is 5.83. The van der Waals surface area contributed by atoms with E-state index in [1.165, 1.54) is 0 Å². The molecule has 0 aromatic rings. The number of carbonyl (C=O) groups excluding carboxylic acids is 1. The monoisotopic (exact) mass is 181 g/mol. The summed E-state index contributed by atoms with van der Waals surface area (Å²) in [5.41, 5.74) is 6.67. The maximum atomic E-state index is 11.4. The van der Waals surface area contributed by atoms with Gasteiger partial charge in [-0.15, -0.1) is 0 Å². The third-order valence-corrected chi connectivity index (χ3v) is 2.24. The molecule has 0 unspecified atom stereocenters. The molecule has 0 aromatic heterocycles. The molecule has 0 saturated heterocycles. The Labute approximate surface area is 78.3 Å². The topological polar surface area (TPSA) is 52.3 Å². The van der Waals surface area contributed by atoms with Gasteiger partial charge in [-0.05, 0) is 6.92 Å². The maximum Gasteiger partial charge on any atom is 0.326 e. The van der Waals surface area contributed by atoms with Crippen LogP contribution in [0.5, 0.6) is 0 Å². The second-order valence-electron chi connectivity index (χ2n) is 3.44. The van der Waals surface area contributed by atoms with Crippen LogP contribution in [0, 0.1) is 0 Å². The first-order valence-electron chi connectivity index (χ1n) is 4.31. The minimum Gasteiger partial charge on any atom is -0.465 e. The number of hydrogen-bond donors (Lipinski definition) is 1. The zero-order chi connectivity index (χ0) is 10.1. The maximum absolute atomic E-state index is 11.4. The highest BCUT2D eigenvalue weighted by atomic mass is 16.5. The second-order valence-corrected chi connectivity index (χ2v) is 3.44. The lowest BCUT2D eigenvalue weighted by Crippen LogP contribution is -2.46. The van der Waals surface area contributed by atoms with E-state index >= 15 is 0 Å². The van der Waals surface area contributed by atoms with Crippen molar-refractivity contribution in [2.45, 2.75) is 25.3 Å². The van der Waals surface area contributed by atoms with Crippen molar-refractivity contribution in [3.8, 4) is 0 Å². The smallest absolute Gasteiger partial charge is 0.326 e. The van der Waals surface area contributed by atoms with Crippen LogP contribution < -0.4 is 5.73 Å². The molecule has 1 saturated carbocycles. The molecule has 72 valence electrons. The predicted octanol–water partition coefficient (Wildman–Crippen LogP) is 1.15. The fourth-order valence-corrected chi connectivity index (χ4v) is 1.49. The van der Waals surface area contributed by atoms with Crippen LogP contribution in [-0.2, 0) is 9.53 Å². The van der Waals surface area contributed by atoms with Crippen molar-refractivity contribution in [2.75, 3.05) is 6.61 Å². The molecular weight excluding hydrogens is 166 g/mol. The number of ether oxygens (including phenoxy) is 1. The molecule has 1 rings (SSSR count). The number of nitrogens with two attached hydrogens (primary N) is 1. The van der Waals surface area contributed by atoms with Gasteiger partial charge in [-0.3, -0.25) is 4.79 Å². The van der Waals surface area contributed by atoms with Gasteiger partial charge in [-0.2, -0.15) is 0 Å². The van der Waals surface area contributed by atoms with Crippen LogP contribution >= 0.6 is 0 Å². The minimum atomic E-state index is -0.913. The third kappa shape index (κ3) is 1.80. The predicted molar refractivity (Wildman–Crippen MR) is 51.1 cm³/mol. The highest BCUT2D eigenvalue weighted by Gasteiger charge is 2.41. The van der Waals surface area contributed by atoms with Gasteiger partial charge in [-0.1, -0.05) is 24.3 Å². The largest absolute Gasteiger partial charge is 0.465 e. The zero-order valence-corrected chi connectivity index (χ0v) is 7.93. The molecule has 0 spiro atoms. The summed E-state index contributed by atoms with van der Waals surface area (Å²) < 4.78 is 4.88. The summed E-state index contributed by atoms with van der Waals surface area (Å²) in [6.45, 7) is 9.69. The van der Waals surface area contributed by atoms with Gasteiger partial charge in [0.05, 0.1) is 6.61 Å². The molecule has 1 aliphatic rings. The van der Waals surface area contributed by atoms with E-state index in [0.717, 1.165) is 11.1 Å². The lowest BCUT2D eigenvalue weighted by Gasteiger charge is -2.19. The van der Waals surface area contributed by atoms with Crippen molar-refractivity contribution in [3.05, 3.63) is 24.3 Å². The number of carbonyl (C=O) groups is 1. The summed E-state index contributed by atoms with van der Waals surface area (Å²) in [5, 5.41) is 0. The van der Waals surface area contributed by atoms with Gasteiger partial charge in [0.15, 0.2) is 0 Å². The summed E-state index contributed by atoms with van der Waals surface area (Å²) in [6.07, 6.45) is 0.926. The molecule has 0 aromatic carbocycles. The quantitative estimate of drug-likeness (QED) is 0.650. The van der Waals surface area contributed by atoms with Crippen molar-refractivity contribution in [1.29, 1.82) is 0 Å². The van der Waals surface area contributed by atoms with E-state index in [1.54, 1.807) is 6.92 Å². The first-order chi connectivity index (χ1) is 5.99. The molecule has 1 aliphatic carbocycles. The SMILES string of the molecule is C=C1CC(N)(C(=O)OCC)CC1=C. The fourth-order valence-electron chi connectivity index (χ4n) is 1.49. The van der Waals surface area contributed by atoms with Gasteiger partial charge in [0, 0.05) is 12.8 Å². The summed E-state index contributed by atoms with van der Waals surface area (Å²) in [6, 6.07) is 0. The van der Waals surface area contributed by atoms with Crippen molar-refractivity contribution in [2.24, 2.45) is 5.73 Å². The van der Waals surface area contributed by atoms with Crippen molar-refractivity contribution >= 4 is 5.97 Å². The van der Waals surface area contributed by atoms with Crippen LogP contribution in [0.3, 0.4) is 0 Å². The molecule has 0 bridgehead atoms. The third-order valence-electron chi connectivity index (χ3n) is 2.24. The highest BCUT2D eigenvalue weighted by Crippen LogP contribution is 2.35. The molecule has 0 heterocycles. The fraction of sp³-hybridized carbons (Fsp3) is 0.500. The number of hydrogen-bond acceptors (Lipinski definition) is 3. The van der Waals surface area contributed by atoms with E-state index in [-0.39, 0.29) is 5.97 Å². The van der Waals surface area contributed by atoms with E-state index in [1.807, 2.05) is 0 Å². The van der Waals surface area contributed by atoms with Gasteiger partial charge in [0.1, 0.15) is 5.54 Å². The Balaban J connectivity index is 2.74. The first-order valence-corrected chi connectivity index (χ1v) is 4.31. The van der Waals surface area contributed by atoms with Crippen molar-refractivity contribution in [3.63, 3.8) is 0 Å². The normalized spacial score (nSPS) is 20.5. The molecule has 2 N–H and O–H groups in total. The van der Waals surface area contributed by atoms with E-state index in [4.69, 9.17) is 10.5 Å². The molecule has 1 fully saturated rings. The Morgan fingerprint density at radius 3 is 2.38 bits per heavy atom. The number of rotatable bonds is 2. The van der Waals surface area contributed by atoms with E-state index in [9.17, 15) is 4.79 Å². The van der Waals surface area contributed by atoms with Gasteiger partial charge in [0.2, 0.25) is 0 Å². The summed E-state index contributed by atoms with van der Waals surface area (Å²) in [5.74, 6) is -0.352. The van der Waals surface area contributed by atoms with Crippen LogP contribution in [0.4, 0.5) is 0 Å².